The Bertz CT molecular complexity index is 746. The van der Waals surface area contributed by atoms with Gasteiger partial charge in [0.15, 0.2) is 0 Å². The van der Waals surface area contributed by atoms with Gasteiger partial charge in [-0.1, -0.05) is 53.5 Å². The number of amides is 2. The largest absolute Gasteiger partial charge is 0.352 e. The van der Waals surface area contributed by atoms with Crippen LogP contribution in [0.3, 0.4) is 0 Å². The molecule has 0 aromatic heterocycles. The molecule has 2 aromatic rings. The Hall–Kier alpha value is -2.30. The molecular weight excluding hydrogens is 347 g/mol. The van der Waals surface area contributed by atoms with Gasteiger partial charge >= 0.3 is 0 Å². The third-order valence-corrected chi connectivity index (χ3v) is 3.82. The summed E-state index contributed by atoms with van der Waals surface area (Å²) in [6.45, 7) is 0.241. The van der Waals surface area contributed by atoms with E-state index in [0.717, 1.165) is 5.56 Å². The number of benzene rings is 2. The Kier molecular flexibility index (Phi) is 6.85. The molecule has 2 aromatic carbocycles. The van der Waals surface area contributed by atoms with E-state index in [1.165, 1.54) is 6.08 Å². The molecule has 0 aliphatic carbocycles. The van der Waals surface area contributed by atoms with E-state index in [1.54, 1.807) is 24.3 Å². The molecule has 0 spiro atoms. The fourth-order valence-corrected chi connectivity index (χ4v) is 2.19. The molecule has 2 rings (SSSR count). The lowest BCUT2D eigenvalue weighted by Gasteiger charge is -2.06. The van der Waals surface area contributed by atoms with Gasteiger partial charge in [-0.05, 0) is 29.8 Å². The number of nitrogens with one attached hydrogen (secondary N) is 2. The van der Waals surface area contributed by atoms with Crippen molar-refractivity contribution in [1.29, 1.82) is 0 Å². The monoisotopic (exact) mass is 362 g/mol. The van der Waals surface area contributed by atoms with Gasteiger partial charge in [-0.25, -0.2) is 0 Å². The number of anilines is 1. The molecule has 6 heteroatoms. The first kappa shape index (κ1) is 18.0. The van der Waals surface area contributed by atoms with Crippen LogP contribution in [-0.2, 0) is 9.59 Å². The van der Waals surface area contributed by atoms with Crippen molar-refractivity contribution in [1.82, 2.24) is 5.32 Å². The highest BCUT2D eigenvalue weighted by Crippen LogP contribution is 2.24. The molecule has 2 amide bonds. The highest BCUT2D eigenvalue weighted by Gasteiger charge is 2.05. The van der Waals surface area contributed by atoms with Crippen LogP contribution in [0.15, 0.2) is 54.6 Å². The maximum atomic E-state index is 11.8. The normalized spacial score (nSPS) is 10.6. The summed E-state index contributed by atoms with van der Waals surface area (Å²) in [7, 11) is 0. The molecule has 0 bridgehead atoms. The van der Waals surface area contributed by atoms with Crippen LogP contribution >= 0.6 is 23.2 Å². The summed E-state index contributed by atoms with van der Waals surface area (Å²) >= 11 is 11.7. The van der Waals surface area contributed by atoms with E-state index >= 15 is 0 Å². The number of carbonyl (C=O) groups excluding carboxylic acids is 2. The second kappa shape index (κ2) is 9.11. The van der Waals surface area contributed by atoms with Gasteiger partial charge in [0, 0.05) is 24.7 Å². The fourth-order valence-electron chi connectivity index (χ4n) is 1.89. The average Bonchev–Trinajstić information content (AvgIpc) is 2.57. The SMILES string of the molecule is O=C(/C=C/c1ccccc1)NCCC(=O)Nc1ccc(Cl)c(Cl)c1. The molecule has 4 nitrogen and oxygen atoms in total. The molecule has 0 unspecified atom stereocenters. The van der Waals surface area contributed by atoms with Crippen LogP contribution in [0.5, 0.6) is 0 Å². The molecule has 0 atom stereocenters. The molecular formula is C18H16Cl2N2O2. The van der Waals surface area contributed by atoms with Crippen molar-refractivity contribution in [3.8, 4) is 0 Å². The van der Waals surface area contributed by atoms with Gasteiger partial charge in [0.05, 0.1) is 10.0 Å². The standard InChI is InChI=1S/C18H16Cl2N2O2/c19-15-8-7-14(12-16(15)20)22-18(24)10-11-21-17(23)9-6-13-4-2-1-3-5-13/h1-9,12H,10-11H2,(H,21,23)(H,22,24)/b9-6+. The van der Waals surface area contributed by atoms with Crippen molar-refractivity contribution >= 4 is 46.8 Å². The molecule has 0 saturated heterocycles. The highest BCUT2D eigenvalue weighted by atomic mass is 35.5. The molecule has 0 aliphatic heterocycles. The minimum atomic E-state index is -0.249. The molecule has 0 aliphatic rings. The predicted octanol–water partition coefficient (Wildman–Crippen LogP) is 4.15. The van der Waals surface area contributed by atoms with Crippen LogP contribution in [0.1, 0.15) is 12.0 Å². The second-order valence-corrected chi connectivity index (χ2v) is 5.78. The lowest BCUT2D eigenvalue weighted by atomic mass is 10.2. The van der Waals surface area contributed by atoms with Crippen molar-refractivity contribution in [2.24, 2.45) is 0 Å². The van der Waals surface area contributed by atoms with Crippen LogP contribution < -0.4 is 10.6 Å². The first-order chi connectivity index (χ1) is 11.5. The first-order valence-electron chi connectivity index (χ1n) is 7.30. The number of carbonyl (C=O) groups is 2. The van der Waals surface area contributed by atoms with E-state index < -0.39 is 0 Å². The highest BCUT2D eigenvalue weighted by molar-refractivity contribution is 6.42. The Morgan fingerprint density at radius 2 is 1.75 bits per heavy atom. The van der Waals surface area contributed by atoms with Gasteiger partial charge in [-0.15, -0.1) is 0 Å². The third kappa shape index (κ3) is 6.07. The van der Waals surface area contributed by atoms with E-state index in [1.807, 2.05) is 30.3 Å². The summed E-state index contributed by atoms with van der Waals surface area (Å²) < 4.78 is 0. The van der Waals surface area contributed by atoms with Gasteiger partial charge < -0.3 is 10.6 Å². The van der Waals surface area contributed by atoms with Crippen LogP contribution in [0.2, 0.25) is 10.0 Å². The summed E-state index contributed by atoms with van der Waals surface area (Å²) in [5.74, 6) is -0.470. The lowest BCUT2D eigenvalue weighted by Crippen LogP contribution is -2.26. The zero-order valence-corrected chi connectivity index (χ0v) is 14.3. The summed E-state index contributed by atoms with van der Waals surface area (Å²) in [5.41, 5.74) is 1.50. The van der Waals surface area contributed by atoms with Gasteiger partial charge in [0.25, 0.3) is 0 Å². The summed E-state index contributed by atoms with van der Waals surface area (Å²) in [4.78, 5) is 23.5. The van der Waals surface area contributed by atoms with E-state index in [0.29, 0.717) is 15.7 Å². The minimum absolute atomic E-state index is 0.158. The Morgan fingerprint density at radius 3 is 2.46 bits per heavy atom. The summed E-state index contributed by atoms with van der Waals surface area (Å²) in [6, 6.07) is 14.3. The van der Waals surface area contributed by atoms with E-state index in [4.69, 9.17) is 23.2 Å². The fraction of sp³-hybridized carbons (Fsp3) is 0.111. The number of hydrogen-bond acceptors (Lipinski definition) is 2. The zero-order chi connectivity index (χ0) is 17.4. The smallest absolute Gasteiger partial charge is 0.244 e. The Morgan fingerprint density at radius 1 is 1.00 bits per heavy atom. The van der Waals surface area contributed by atoms with Crippen molar-refractivity contribution in [3.05, 3.63) is 70.2 Å². The van der Waals surface area contributed by atoms with Crippen molar-refractivity contribution in [3.63, 3.8) is 0 Å². The van der Waals surface area contributed by atoms with Crippen LogP contribution in [-0.4, -0.2) is 18.4 Å². The molecule has 2 N–H and O–H groups in total. The third-order valence-electron chi connectivity index (χ3n) is 3.08. The molecule has 124 valence electrons. The molecule has 0 heterocycles. The Balaban J connectivity index is 1.73. The van der Waals surface area contributed by atoms with E-state index in [-0.39, 0.29) is 24.8 Å². The van der Waals surface area contributed by atoms with Gasteiger partial charge in [0.2, 0.25) is 11.8 Å². The van der Waals surface area contributed by atoms with Crippen molar-refractivity contribution in [2.75, 3.05) is 11.9 Å². The topological polar surface area (TPSA) is 58.2 Å². The summed E-state index contributed by atoms with van der Waals surface area (Å²) in [6.07, 6.45) is 3.31. The van der Waals surface area contributed by atoms with Crippen molar-refractivity contribution in [2.45, 2.75) is 6.42 Å². The van der Waals surface area contributed by atoms with Gasteiger partial charge in [-0.3, -0.25) is 9.59 Å². The maximum absolute atomic E-state index is 11.8. The molecule has 0 fully saturated rings. The number of hydrogen-bond donors (Lipinski definition) is 2. The summed E-state index contributed by atoms with van der Waals surface area (Å²) in [5, 5.41) is 6.14. The predicted molar refractivity (Wildman–Crippen MR) is 98.2 cm³/mol. The van der Waals surface area contributed by atoms with Gasteiger partial charge in [-0.2, -0.15) is 0 Å². The van der Waals surface area contributed by atoms with Gasteiger partial charge in [0.1, 0.15) is 0 Å². The van der Waals surface area contributed by atoms with Crippen LogP contribution in [0.25, 0.3) is 6.08 Å². The number of rotatable bonds is 6. The zero-order valence-electron chi connectivity index (χ0n) is 12.8. The first-order valence-corrected chi connectivity index (χ1v) is 8.06. The van der Waals surface area contributed by atoms with E-state index in [2.05, 4.69) is 10.6 Å². The number of halogens is 2. The molecule has 0 radical (unpaired) electrons. The van der Waals surface area contributed by atoms with Crippen molar-refractivity contribution < 1.29 is 9.59 Å². The maximum Gasteiger partial charge on any atom is 0.244 e. The van der Waals surface area contributed by atoms with E-state index in [9.17, 15) is 9.59 Å². The second-order valence-electron chi connectivity index (χ2n) is 4.96. The minimum Gasteiger partial charge on any atom is -0.352 e. The quantitative estimate of drug-likeness (QED) is 0.758. The van der Waals surface area contributed by atoms with Crippen LogP contribution in [0.4, 0.5) is 5.69 Å². The lowest BCUT2D eigenvalue weighted by molar-refractivity contribution is -0.117. The molecule has 24 heavy (non-hydrogen) atoms. The average molecular weight is 363 g/mol. The van der Waals surface area contributed by atoms with Crippen LogP contribution in [0, 0.1) is 0 Å². The Labute approximate surface area is 150 Å². The molecule has 0 saturated carbocycles.